The van der Waals surface area contributed by atoms with E-state index in [0.29, 0.717) is 0 Å². The van der Waals surface area contributed by atoms with Crippen molar-refractivity contribution in [2.45, 2.75) is 45.3 Å². The van der Waals surface area contributed by atoms with Crippen molar-refractivity contribution in [1.29, 1.82) is 0 Å². The zero-order valence-corrected chi connectivity index (χ0v) is 9.71. The van der Waals surface area contributed by atoms with Crippen molar-refractivity contribution >= 4 is 0 Å². The molecule has 0 radical (unpaired) electrons. The van der Waals surface area contributed by atoms with Gasteiger partial charge in [0, 0.05) is 18.0 Å². The maximum atomic E-state index is 6.19. The van der Waals surface area contributed by atoms with Crippen molar-refractivity contribution in [1.82, 2.24) is 0 Å². The number of rotatable bonds is 1. The van der Waals surface area contributed by atoms with Gasteiger partial charge in [0.15, 0.2) is 0 Å². The van der Waals surface area contributed by atoms with Crippen LogP contribution in [-0.4, -0.2) is 5.60 Å². The van der Waals surface area contributed by atoms with Crippen molar-refractivity contribution in [2.75, 3.05) is 0 Å². The molecule has 0 amide bonds. The minimum Gasteiger partial charge on any atom is -0.487 e. The second kappa shape index (κ2) is 3.53. The average Bonchev–Trinajstić information content (AvgIpc) is 2.20. The minimum absolute atomic E-state index is 0.0956. The Hall–Kier alpha value is -1.02. The molecule has 2 unspecified atom stereocenters. The monoisotopic (exact) mass is 205 g/mol. The molecule has 1 aliphatic rings. The molecule has 1 aromatic carbocycles. The maximum absolute atomic E-state index is 6.19. The number of fused-ring (bicyclic) bond motifs is 1. The number of aryl methyl sites for hydroxylation is 1. The summed E-state index contributed by atoms with van der Waals surface area (Å²) < 4.78 is 6.01. The van der Waals surface area contributed by atoms with Crippen molar-refractivity contribution in [2.24, 2.45) is 5.73 Å². The van der Waals surface area contributed by atoms with Gasteiger partial charge < -0.3 is 10.5 Å². The van der Waals surface area contributed by atoms with Gasteiger partial charge in [0.1, 0.15) is 11.4 Å². The molecule has 0 saturated carbocycles. The first-order chi connectivity index (χ1) is 7.04. The summed E-state index contributed by atoms with van der Waals surface area (Å²) in [5.74, 6) is 0.962. The highest BCUT2D eigenvalue weighted by atomic mass is 16.5. The molecule has 1 heterocycles. The molecule has 1 aliphatic heterocycles. The van der Waals surface area contributed by atoms with E-state index in [9.17, 15) is 0 Å². The van der Waals surface area contributed by atoms with E-state index in [4.69, 9.17) is 10.5 Å². The lowest BCUT2D eigenvalue weighted by Crippen LogP contribution is -2.39. The Balaban J connectivity index is 2.41. The third-order valence-corrected chi connectivity index (χ3v) is 3.32. The van der Waals surface area contributed by atoms with Crippen LogP contribution < -0.4 is 10.5 Å². The number of ether oxygens (including phenoxy) is 1. The summed E-state index contributed by atoms with van der Waals surface area (Å²) in [6.07, 6.45) is 1.90. The predicted octanol–water partition coefficient (Wildman–Crippen LogP) is 2.95. The van der Waals surface area contributed by atoms with Gasteiger partial charge in [-0.05, 0) is 26.3 Å². The summed E-state index contributed by atoms with van der Waals surface area (Å²) in [7, 11) is 0. The van der Waals surface area contributed by atoms with Gasteiger partial charge in [0.2, 0.25) is 0 Å². The van der Waals surface area contributed by atoms with E-state index in [2.05, 4.69) is 32.9 Å². The number of benzene rings is 1. The van der Waals surface area contributed by atoms with Gasteiger partial charge in [-0.2, -0.15) is 0 Å². The molecule has 82 valence electrons. The molecule has 0 aliphatic carbocycles. The van der Waals surface area contributed by atoms with Crippen LogP contribution in [0.4, 0.5) is 0 Å². The Morgan fingerprint density at radius 1 is 1.53 bits per heavy atom. The molecular weight excluding hydrogens is 186 g/mol. The van der Waals surface area contributed by atoms with Gasteiger partial charge in [0.25, 0.3) is 0 Å². The Morgan fingerprint density at radius 2 is 2.27 bits per heavy atom. The molecular formula is C13H19NO. The summed E-state index contributed by atoms with van der Waals surface area (Å²) in [4.78, 5) is 0. The molecule has 0 bridgehead atoms. The van der Waals surface area contributed by atoms with E-state index in [1.165, 1.54) is 5.56 Å². The highest BCUT2D eigenvalue weighted by Gasteiger charge is 2.34. The lowest BCUT2D eigenvalue weighted by atomic mass is 9.87. The number of nitrogens with two attached hydrogens (primary N) is 1. The zero-order valence-electron chi connectivity index (χ0n) is 9.71. The molecule has 0 fully saturated rings. The predicted molar refractivity (Wildman–Crippen MR) is 62.0 cm³/mol. The van der Waals surface area contributed by atoms with Gasteiger partial charge in [-0.15, -0.1) is 0 Å². The second-order valence-electron chi connectivity index (χ2n) is 4.76. The topological polar surface area (TPSA) is 35.2 Å². The maximum Gasteiger partial charge on any atom is 0.124 e. The molecule has 2 N–H and O–H groups in total. The first-order valence-electron chi connectivity index (χ1n) is 5.59. The van der Waals surface area contributed by atoms with Gasteiger partial charge in [-0.3, -0.25) is 0 Å². The molecule has 2 rings (SSSR count). The molecule has 0 saturated heterocycles. The van der Waals surface area contributed by atoms with Crippen LogP contribution in [0.1, 0.15) is 43.9 Å². The molecule has 1 aromatic rings. The molecule has 2 nitrogen and oxygen atoms in total. The Kier molecular flexibility index (Phi) is 2.47. The number of hydrogen-bond donors (Lipinski definition) is 1. The van der Waals surface area contributed by atoms with E-state index >= 15 is 0 Å². The second-order valence-corrected chi connectivity index (χ2v) is 4.76. The van der Waals surface area contributed by atoms with Gasteiger partial charge in [-0.1, -0.05) is 24.6 Å². The van der Waals surface area contributed by atoms with Crippen LogP contribution in [0.2, 0.25) is 0 Å². The summed E-state index contributed by atoms with van der Waals surface area (Å²) in [6, 6.07) is 6.36. The molecule has 15 heavy (non-hydrogen) atoms. The van der Waals surface area contributed by atoms with E-state index in [-0.39, 0.29) is 11.6 Å². The van der Waals surface area contributed by atoms with E-state index in [0.717, 1.165) is 24.2 Å². The quantitative estimate of drug-likeness (QED) is 0.765. The minimum atomic E-state index is -0.0956. The summed E-state index contributed by atoms with van der Waals surface area (Å²) in [5.41, 5.74) is 8.49. The van der Waals surface area contributed by atoms with Gasteiger partial charge in [0.05, 0.1) is 0 Å². The van der Waals surface area contributed by atoms with Crippen molar-refractivity contribution in [3.05, 3.63) is 29.3 Å². The molecule has 0 aromatic heterocycles. The fourth-order valence-corrected chi connectivity index (χ4v) is 2.15. The third kappa shape index (κ3) is 1.86. The fourth-order valence-electron chi connectivity index (χ4n) is 2.15. The van der Waals surface area contributed by atoms with Crippen molar-refractivity contribution in [3.8, 4) is 5.75 Å². The summed E-state index contributed by atoms with van der Waals surface area (Å²) in [5, 5.41) is 0. The van der Waals surface area contributed by atoms with Crippen molar-refractivity contribution < 1.29 is 4.74 Å². The largest absolute Gasteiger partial charge is 0.487 e. The first kappa shape index (κ1) is 10.5. The summed E-state index contributed by atoms with van der Waals surface area (Å²) in [6.45, 7) is 6.36. The van der Waals surface area contributed by atoms with Crippen LogP contribution in [0.25, 0.3) is 0 Å². The van der Waals surface area contributed by atoms with Crippen LogP contribution in [-0.2, 0) is 0 Å². The van der Waals surface area contributed by atoms with E-state index in [1.807, 2.05) is 6.07 Å². The fraction of sp³-hybridized carbons (Fsp3) is 0.538. The average molecular weight is 205 g/mol. The Bertz CT molecular complexity index is 375. The Morgan fingerprint density at radius 3 is 2.93 bits per heavy atom. The standard InChI is InChI=1S/C13H19NO/c1-4-13(3)8-11(14)10-7-9(2)5-6-12(10)15-13/h5-7,11H,4,8,14H2,1-3H3. The van der Waals surface area contributed by atoms with Crippen LogP contribution in [0, 0.1) is 6.92 Å². The first-order valence-corrected chi connectivity index (χ1v) is 5.59. The lowest BCUT2D eigenvalue weighted by molar-refractivity contribution is 0.0503. The third-order valence-electron chi connectivity index (χ3n) is 3.32. The highest BCUT2D eigenvalue weighted by Crippen LogP contribution is 2.39. The SMILES string of the molecule is CCC1(C)CC(N)c2cc(C)ccc2O1. The lowest BCUT2D eigenvalue weighted by Gasteiger charge is -2.38. The van der Waals surface area contributed by atoms with E-state index in [1.54, 1.807) is 0 Å². The van der Waals surface area contributed by atoms with Crippen molar-refractivity contribution in [3.63, 3.8) is 0 Å². The normalized spacial score (nSPS) is 29.5. The highest BCUT2D eigenvalue weighted by molar-refractivity contribution is 5.41. The van der Waals surface area contributed by atoms with Crippen LogP contribution in [0.15, 0.2) is 18.2 Å². The van der Waals surface area contributed by atoms with E-state index < -0.39 is 0 Å². The Labute approximate surface area is 91.4 Å². The van der Waals surface area contributed by atoms with Crippen LogP contribution in [0.5, 0.6) is 5.75 Å². The molecule has 0 spiro atoms. The summed E-state index contributed by atoms with van der Waals surface area (Å²) >= 11 is 0. The van der Waals surface area contributed by atoms with Gasteiger partial charge >= 0.3 is 0 Å². The zero-order chi connectivity index (χ0) is 11.1. The molecule has 2 heteroatoms. The number of hydrogen-bond acceptors (Lipinski definition) is 2. The van der Waals surface area contributed by atoms with Crippen LogP contribution >= 0.6 is 0 Å². The molecule has 2 atom stereocenters. The van der Waals surface area contributed by atoms with Gasteiger partial charge in [-0.25, -0.2) is 0 Å². The smallest absolute Gasteiger partial charge is 0.124 e. The van der Waals surface area contributed by atoms with Crippen LogP contribution in [0.3, 0.4) is 0 Å².